The van der Waals surface area contributed by atoms with Gasteiger partial charge < -0.3 is 5.11 Å². The molecule has 0 spiro atoms. The van der Waals surface area contributed by atoms with Crippen LogP contribution < -0.4 is 0 Å². The third-order valence-corrected chi connectivity index (χ3v) is 4.07. The molecule has 0 fully saturated rings. The zero-order chi connectivity index (χ0) is 14.1. The molecule has 1 N–H and O–H groups in total. The Hall–Kier alpha value is -1.42. The van der Waals surface area contributed by atoms with Crippen LogP contribution in [0.1, 0.15) is 17.2 Å². The lowest BCUT2D eigenvalue weighted by Gasteiger charge is -2.15. The minimum Gasteiger partial charge on any atom is -0.384 e. The van der Waals surface area contributed by atoms with Gasteiger partial charge in [-0.1, -0.05) is 57.9 Å². The Bertz CT molecular complexity index is 770. The second-order valence-electron chi connectivity index (χ2n) is 4.52. The van der Waals surface area contributed by atoms with Gasteiger partial charge in [-0.2, -0.15) is 0 Å². The summed E-state index contributed by atoms with van der Waals surface area (Å²) in [6.45, 7) is 0. The SMILES string of the molecule is OC(c1ccc(Br)cc1Cl)c1cncc2ccccc12. The summed E-state index contributed by atoms with van der Waals surface area (Å²) in [6, 6.07) is 13.3. The quantitative estimate of drug-likeness (QED) is 0.726. The summed E-state index contributed by atoms with van der Waals surface area (Å²) in [4.78, 5) is 4.19. The molecule has 4 heteroatoms. The fourth-order valence-electron chi connectivity index (χ4n) is 2.25. The summed E-state index contributed by atoms with van der Waals surface area (Å²) in [7, 11) is 0. The Morgan fingerprint density at radius 2 is 1.85 bits per heavy atom. The van der Waals surface area contributed by atoms with Crippen LogP contribution in [0.3, 0.4) is 0 Å². The zero-order valence-corrected chi connectivity index (χ0v) is 12.8. The minimum atomic E-state index is -0.797. The maximum atomic E-state index is 10.6. The number of aliphatic hydroxyl groups excluding tert-OH is 1. The Morgan fingerprint density at radius 1 is 1.05 bits per heavy atom. The normalized spacial score (nSPS) is 12.6. The van der Waals surface area contributed by atoms with Crippen LogP contribution in [0.4, 0.5) is 0 Å². The van der Waals surface area contributed by atoms with E-state index in [0.717, 1.165) is 20.8 Å². The predicted octanol–water partition coefficient (Wildman–Crippen LogP) is 4.73. The van der Waals surface area contributed by atoms with Crippen LogP contribution in [-0.4, -0.2) is 10.1 Å². The van der Waals surface area contributed by atoms with Crippen molar-refractivity contribution in [1.29, 1.82) is 0 Å². The van der Waals surface area contributed by atoms with Crippen LogP contribution >= 0.6 is 27.5 Å². The molecule has 0 amide bonds. The first-order chi connectivity index (χ1) is 9.66. The molecule has 2 nitrogen and oxygen atoms in total. The molecule has 0 aliphatic rings. The third kappa shape index (κ3) is 2.44. The summed E-state index contributed by atoms with van der Waals surface area (Å²) in [5.74, 6) is 0. The lowest BCUT2D eigenvalue weighted by Crippen LogP contribution is -2.02. The van der Waals surface area contributed by atoms with E-state index in [4.69, 9.17) is 11.6 Å². The third-order valence-electron chi connectivity index (χ3n) is 3.25. The zero-order valence-electron chi connectivity index (χ0n) is 10.4. The number of fused-ring (bicyclic) bond motifs is 1. The Balaban J connectivity index is 2.15. The van der Waals surface area contributed by atoms with Crippen LogP contribution in [0.2, 0.25) is 5.02 Å². The van der Waals surface area contributed by atoms with Crippen molar-refractivity contribution in [3.05, 3.63) is 75.5 Å². The monoisotopic (exact) mass is 347 g/mol. The van der Waals surface area contributed by atoms with Crippen molar-refractivity contribution in [3.63, 3.8) is 0 Å². The molecule has 0 aliphatic heterocycles. The van der Waals surface area contributed by atoms with Gasteiger partial charge in [-0.3, -0.25) is 4.98 Å². The van der Waals surface area contributed by atoms with Gasteiger partial charge in [-0.25, -0.2) is 0 Å². The van der Waals surface area contributed by atoms with Gasteiger partial charge in [0.2, 0.25) is 0 Å². The van der Waals surface area contributed by atoms with Gasteiger partial charge >= 0.3 is 0 Å². The van der Waals surface area contributed by atoms with Gasteiger partial charge in [0, 0.05) is 38.4 Å². The molecule has 1 atom stereocenters. The first-order valence-electron chi connectivity index (χ1n) is 6.12. The molecule has 0 aliphatic carbocycles. The maximum Gasteiger partial charge on any atom is 0.108 e. The molecule has 3 aromatic rings. The van der Waals surface area contributed by atoms with E-state index < -0.39 is 6.10 Å². The molecule has 1 heterocycles. The molecular weight excluding hydrogens is 338 g/mol. The second-order valence-corrected chi connectivity index (χ2v) is 5.84. The average Bonchev–Trinajstić information content (AvgIpc) is 2.46. The highest BCUT2D eigenvalue weighted by molar-refractivity contribution is 9.10. The number of hydrogen-bond donors (Lipinski definition) is 1. The van der Waals surface area contributed by atoms with Crippen molar-refractivity contribution in [2.75, 3.05) is 0 Å². The molecule has 0 bridgehead atoms. The maximum absolute atomic E-state index is 10.6. The molecule has 20 heavy (non-hydrogen) atoms. The molecule has 1 unspecified atom stereocenters. The first kappa shape index (κ1) is 13.6. The van der Waals surface area contributed by atoms with E-state index in [9.17, 15) is 5.11 Å². The summed E-state index contributed by atoms with van der Waals surface area (Å²) < 4.78 is 0.884. The van der Waals surface area contributed by atoms with E-state index in [2.05, 4.69) is 20.9 Å². The Morgan fingerprint density at radius 3 is 2.65 bits per heavy atom. The highest BCUT2D eigenvalue weighted by atomic mass is 79.9. The average molecular weight is 349 g/mol. The highest BCUT2D eigenvalue weighted by Gasteiger charge is 2.16. The van der Waals surface area contributed by atoms with E-state index in [1.165, 1.54) is 0 Å². The Kier molecular flexibility index (Phi) is 3.74. The lowest BCUT2D eigenvalue weighted by molar-refractivity contribution is 0.221. The highest BCUT2D eigenvalue weighted by Crippen LogP contribution is 2.33. The van der Waals surface area contributed by atoms with Crippen LogP contribution in [0.15, 0.2) is 59.3 Å². The van der Waals surface area contributed by atoms with Crippen molar-refractivity contribution in [2.24, 2.45) is 0 Å². The minimum absolute atomic E-state index is 0.528. The van der Waals surface area contributed by atoms with Gasteiger partial charge in [-0.05, 0) is 17.5 Å². The Labute approximate surface area is 130 Å². The molecule has 3 rings (SSSR count). The topological polar surface area (TPSA) is 33.1 Å². The number of rotatable bonds is 2. The standard InChI is InChI=1S/C16H11BrClNO/c17-11-5-6-13(15(18)7-11)16(20)14-9-19-8-10-3-1-2-4-12(10)14/h1-9,16,20H. The van der Waals surface area contributed by atoms with E-state index in [1.54, 1.807) is 18.5 Å². The van der Waals surface area contributed by atoms with E-state index in [-0.39, 0.29) is 0 Å². The van der Waals surface area contributed by atoms with Gasteiger partial charge in [-0.15, -0.1) is 0 Å². The number of aliphatic hydroxyl groups is 1. The van der Waals surface area contributed by atoms with Gasteiger partial charge in [0.25, 0.3) is 0 Å². The van der Waals surface area contributed by atoms with Crippen molar-refractivity contribution in [3.8, 4) is 0 Å². The van der Waals surface area contributed by atoms with Gasteiger partial charge in [0.05, 0.1) is 0 Å². The van der Waals surface area contributed by atoms with Gasteiger partial charge in [0.1, 0.15) is 6.10 Å². The van der Waals surface area contributed by atoms with Gasteiger partial charge in [0.15, 0.2) is 0 Å². The van der Waals surface area contributed by atoms with E-state index >= 15 is 0 Å². The molecule has 1 aromatic heterocycles. The van der Waals surface area contributed by atoms with Crippen LogP contribution in [-0.2, 0) is 0 Å². The molecule has 100 valence electrons. The molecule has 0 saturated carbocycles. The van der Waals surface area contributed by atoms with E-state index in [0.29, 0.717) is 10.6 Å². The number of pyridine rings is 1. The van der Waals surface area contributed by atoms with Crippen molar-refractivity contribution < 1.29 is 5.11 Å². The number of halogens is 2. The fourth-order valence-corrected chi connectivity index (χ4v) is 3.03. The molecule has 0 radical (unpaired) electrons. The van der Waals surface area contributed by atoms with Crippen molar-refractivity contribution in [2.45, 2.75) is 6.10 Å². The second kappa shape index (κ2) is 5.52. The molecule has 2 aromatic carbocycles. The summed E-state index contributed by atoms with van der Waals surface area (Å²) >= 11 is 9.58. The summed E-state index contributed by atoms with van der Waals surface area (Å²) in [6.07, 6.45) is 2.68. The smallest absolute Gasteiger partial charge is 0.108 e. The van der Waals surface area contributed by atoms with Crippen LogP contribution in [0, 0.1) is 0 Å². The lowest BCUT2D eigenvalue weighted by atomic mass is 9.98. The van der Waals surface area contributed by atoms with E-state index in [1.807, 2.05) is 36.4 Å². The number of nitrogens with zero attached hydrogens (tertiary/aromatic N) is 1. The fraction of sp³-hybridized carbons (Fsp3) is 0.0625. The van der Waals surface area contributed by atoms with Crippen LogP contribution in [0.5, 0.6) is 0 Å². The number of hydrogen-bond acceptors (Lipinski definition) is 2. The summed E-state index contributed by atoms with van der Waals surface area (Å²) in [5, 5.41) is 13.1. The van der Waals surface area contributed by atoms with Crippen LogP contribution in [0.25, 0.3) is 10.8 Å². The predicted molar refractivity (Wildman–Crippen MR) is 85.0 cm³/mol. The largest absolute Gasteiger partial charge is 0.384 e. The number of benzene rings is 2. The van der Waals surface area contributed by atoms with Crippen molar-refractivity contribution >= 4 is 38.3 Å². The van der Waals surface area contributed by atoms with Crippen molar-refractivity contribution in [1.82, 2.24) is 4.98 Å². The first-order valence-corrected chi connectivity index (χ1v) is 7.29. The molecule has 0 saturated heterocycles. The summed E-state index contributed by atoms with van der Waals surface area (Å²) in [5.41, 5.74) is 1.43. The molecular formula is C16H11BrClNO. The number of aromatic nitrogens is 1.